The first-order valence-electron chi connectivity index (χ1n) is 6.35. The summed E-state index contributed by atoms with van der Waals surface area (Å²) in [6, 6.07) is 5.45. The third-order valence-electron chi connectivity index (χ3n) is 3.19. The molecule has 0 aliphatic carbocycles. The maximum Gasteiger partial charge on any atom is 0.305 e. The number of Topliss-reactive ketones (excluding diaryl/α,β-unsaturated/α-hetero) is 1. The molecule has 0 fully saturated rings. The van der Waals surface area contributed by atoms with Gasteiger partial charge in [-0.25, -0.2) is 0 Å². The Kier molecular flexibility index (Phi) is 5.70. The molecule has 1 rings (SSSR count). The van der Waals surface area contributed by atoms with Crippen LogP contribution >= 0.6 is 0 Å². The van der Waals surface area contributed by atoms with Crippen LogP contribution in [-0.2, 0) is 9.53 Å². The van der Waals surface area contributed by atoms with E-state index in [-0.39, 0.29) is 24.2 Å². The Hall–Kier alpha value is -1.68. The van der Waals surface area contributed by atoms with Gasteiger partial charge in [-0.05, 0) is 38.9 Å². The molecule has 0 saturated heterocycles. The van der Waals surface area contributed by atoms with Gasteiger partial charge in [0, 0.05) is 12.0 Å². The summed E-state index contributed by atoms with van der Waals surface area (Å²) in [7, 11) is 3.08. The number of carbonyl (C=O) groups excluding carboxylic acids is 2. The highest BCUT2D eigenvalue weighted by Gasteiger charge is 2.21. The van der Waals surface area contributed by atoms with E-state index >= 15 is 0 Å². The van der Waals surface area contributed by atoms with Crippen molar-refractivity contribution < 1.29 is 14.3 Å². The Bertz CT molecular complexity index is 468. The molecule has 4 nitrogen and oxygen atoms in total. The molecule has 0 heterocycles. The molecular formula is C15H21NO3. The van der Waals surface area contributed by atoms with Gasteiger partial charge in [-0.15, -0.1) is 0 Å². The molecule has 0 amide bonds. The van der Waals surface area contributed by atoms with Gasteiger partial charge in [0.15, 0.2) is 5.78 Å². The third kappa shape index (κ3) is 4.17. The number of aryl methyl sites for hydroxylation is 2. The number of benzene rings is 1. The first-order chi connectivity index (χ1) is 8.99. The molecule has 1 atom stereocenters. The summed E-state index contributed by atoms with van der Waals surface area (Å²) in [6.45, 7) is 3.87. The van der Waals surface area contributed by atoms with Crippen LogP contribution in [0.1, 0.15) is 34.3 Å². The second kappa shape index (κ2) is 7.04. The summed E-state index contributed by atoms with van der Waals surface area (Å²) in [5.41, 5.74) is 2.72. The molecule has 1 N–H and O–H groups in total. The fourth-order valence-corrected chi connectivity index (χ4v) is 1.96. The second-order valence-electron chi connectivity index (χ2n) is 4.64. The molecule has 19 heavy (non-hydrogen) atoms. The monoisotopic (exact) mass is 263 g/mol. The van der Waals surface area contributed by atoms with E-state index in [0.29, 0.717) is 12.0 Å². The lowest BCUT2D eigenvalue weighted by molar-refractivity contribution is -0.140. The van der Waals surface area contributed by atoms with E-state index in [2.05, 4.69) is 10.1 Å². The van der Waals surface area contributed by atoms with Crippen molar-refractivity contribution in [3.8, 4) is 0 Å². The van der Waals surface area contributed by atoms with Gasteiger partial charge in [0.2, 0.25) is 0 Å². The van der Waals surface area contributed by atoms with E-state index in [0.717, 1.165) is 11.1 Å². The van der Waals surface area contributed by atoms with Crippen LogP contribution in [0.2, 0.25) is 0 Å². The number of ether oxygens (including phenoxy) is 1. The standard InChI is InChI=1S/C15H21NO3/c1-10-5-6-11(2)12(9-10)15(18)13(16-3)7-8-14(17)19-4/h5-6,9,13,16H,7-8H2,1-4H3. The maximum atomic E-state index is 12.4. The van der Waals surface area contributed by atoms with Crippen LogP contribution in [0.4, 0.5) is 0 Å². The van der Waals surface area contributed by atoms with Gasteiger partial charge >= 0.3 is 5.97 Å². The topological polar surface area (TPSA) is 55.4 Å². The summed E-state index contributed by atoms with van der Waals surface area (Å²) in [6.07, 6.45) is 0.675. The zero-order valence-electron chi connectivity index (χ0n) is 11.9. The highest BCUT2D eigenvalue weighted by molar-refractivity contribution is 6.01. The number of carbonyl (C=O) groups is 2. The molecule has 0 aromatic heterocycles. The van der Waals surface area contributed by atoms with Crippen LogP contribution in [-0.4, -0.2) is 32.0 Å². The number of likely N-dealkylation sites (N-methyl/N-ethyl adjacent to an activating group) is 1. The SMILES string of the molecule is CNC(CCC(=O)OC)C(=O)c1cc(C)ccc1C. The van der Waals surface area contributed by atoms with Crippen molar-refractivity contribution in [3.05, 3.63) is 34.9 Å². The smallest absolute Gasteiger partial charge is 0.305 e. The van der Waals surface area contributed by atoms with Gasteiger partial charge in [-0.1, -0.05) is 17.7 Å². The average molecular weight is 263 g/mol. The summed E-state index contributed by atoms with van der Waals surface area (Å²) >= 11 is 0. The lowest BCUT2D eigenvalue weighted by Gasteiger charge is -2.16. The number of nitrogens with one attached hydrogen (secondary N) is 1. The minimum atomic E-state index is -0.361. The molecule has 0 aliphatic heterocycles. The molecule has 1 aromatic carbocycles. The third-order valence-corrected chi connectivity index (χ3v) is 3.19. The zero-order valence-corrected chi connectivity index (χ0v) is 11.9. The van der Waals surface area contributed by atoms with E-state index in [1.807, 2.05) is 32.0 Å². The first-order valence-corrected chi connectivity index (χ1v) is 6.35. The van der Waals surface area contributed by atoms with Crippen LogP contribution in [0, 0.1) is 13.8 Å². The van der Waals surface area contributed by atoms with E-state index < -0.39 is 0 Å². The highest BCUT2D eigenvalue weighted by Crippen LogP contribution is 2.15. The first kappa shape index (κ1) is 15.4. The minimum Gasteiger partial charge on any atom is -0.469 e. The van der Waals surface area contributed by atoms with Gasteiger partial charge in [-0.2, -0.15) is 0 Å². The Morgan fingerprint density at radius 3 is 2.58 bits per heavy atom. The molecule has 104 valence electrons. The lowest BCUT2D eigenvalue weighted by Crippen LogP contribution is -2.35. The van der Waals surface area contributed by atoms with E-state index in [9.17, 15) is 9.59 Å². The Labute approximate surface area is 114 Å². The van der Waals surface area contributed by atoms with Gasteiger partial charge < -0.3 is 10.1 Å². The largest absolute Gasteiger partial charge is 0.469 e. The minimum absolute atomic E-state index is 0.0209. The van der Waals surface area contributed by atoms with Crippen LogP contribution in [0.15, 0.2) is 18.2 Å². The van der Waals surface area contributed by atoms with Gasteiger partial charge in [-0.3, -0.25) is 9.59 Å². The molecule has 1 unspecified atom stereocenters. The van der Waals surface area contributed by atoms with E-state index in [1.54, 1.807) is 7.05 Å². The van der Waals surface area contributed by atoms with Gasteiger partial charge in [0.1, 0.15) is 0 Å². The van der Waals surface area contributed by atoms with Gasteiger partial charge in [0.25, 0.3) is 0 Å². The molecule has 0 spiro atoms. The number of hydrogen-bond donors (Lipinski definition) is 1. The molecule has 4 heteroatoms. The summed E-state index contributed by atoms with van der Waals surface area (Å²) < 4.78 is 4.60. The predicted octanol–water partition coefficient (Wildman–Crippen LogP) is 2.03. The summed E-state index contributed by atoms with van der Waals surface area (Å²) in [5, 5.41) is 2.97. The lowest BCUT2D eigenvalue weighted by atomic mass is 9.95. The van der Waals surface area contributed by atoms with Crippen molar-refractivity contribution in [3.63, 3.8) is 0 Å². The van der Waals surface area contributed by atoms with Crippen LogP contribution in [0.25, 0.3) is 0 Å². The molecular weight excluding hydrogens is 242 g/mol. The van der Waals surface area contributed by atoms with Crippen LogP contribution in [0.3, 0.4) is 0 Å². The van der Waals surface area contributed by atoms with E-state index in [4.69, 9.17) is 0 Å². The number of rotatable bonds is 6. The molecule has 0 saturated carbocycles. The highest BCUT2D eigenvalue weighted by atomic mass is 16.5. The van der Waals surface area contributed by atoms with E-state index in [1.165, 1.54) is 7.11 Å². The van der Waals surface area contributed by atoms with Gasteiger partial charge in [0.05, 0.1) is 13.2 Å². The van der Waals surface area contributed by atoms with Crippen molar-refractivity contribution in [1.29, 1.82) is 0 Å². The van der Waals surface area contributed by atoms with Crippen molar-refractivity contribution in [2.24, 2.45) is 0 Å². The summed E-state index contributed by atoms with van der Waals surface area (Å²) in [5.74, 6) is -0.276. The molecule has 0 aliphatic rings. The van der Waals surface area contributed by atoms with Crippen LogP contribution < -0.4 is 5.32 Å². The van der Waals surface area contributed by atoms with Crippen molar-refractivity contribution in [2.45, 2.75) is 32.7 Å². The van der Waals surface area contributed by atoms with Crippen molar-refractivity contribution in [1.82, 2.24) is 5.32 Å². The Morgan fingerprint density at radius 1 is 1.32 bits per heavy atom. The quantitative estimate of drug-likeness (QED) is 0.630. The Morgan fingerprint density at radius 2 is 2.00 bits per heavy atom. The van der Waals surface area contributed by atoms with Crippen molar-refractivity contribution >= 4 is 11.8 Å². The fourth-order valence-electron chi connectivity index (χ4n) is 1.96. The molecule has 0 bridgehead atoms. The average Bonchev–Trinajstić information content (AvgIpc) is 2.41. The normalized spacial score (nSPS) is 12.0. The predicted molar refractivity (Wildman–Crippen MR) is 74.3 cm³/mol. The fraction of sp³-hybridized carbons (Fsp3) is 0.467. The number of methoxy groups -OCH3 is 1. The molecule has 0 radical (unpaired) electrons. The molecule has 1 aromatic rings. The second-order valence-corrected chi connectivity index (χ2v) is 4.64. The van der Waals surface area contributed by atoms with Crippen molar-refractivity contribution in [2.75, 3.05) is 14.2 Å². The van der Waals surface area contributed by atoms with Crippen LogP contribution in [0.5, 0.6) is 0 Å². The number of hydrogen-bond acceptors (Lipinski definition) is 4. The number of ketones is 1. The summed E-state index contributed by atoms with van der Waals surface area (Å²) in [4.78, 5) is 23.6. The zero-order chi connectivity index (χ0) is 14.4. The Balaban J connectivity index is 2.83. The number of esters is 1. The maximum absolute atomic E-state index is 12.4.